The number of nitrogens with one attached hydrogen (secondary N) is 1. The van der Waals surface area contributed by atoms with Crippen LogP contribution in [0.15, 0.2) is 23.1 Å². The maximum Gasteiger partial charge on any atom is 0.252 e. The highest BCUT2D eigenvalue weighted by Crippen LogP contribution is 2.23. The summed E-state index contributed by atoms with van der Waals surface area (Å²) in [5.41, 5.74) is 0.514. The first-order valence-corrected chi connectivity index (χ1v) is 7.26. The van der Waals surface area contributed by atoms with Gasteiger partial charge in [0.05, 0.1) is 10.6 Å². The molecular weight excluding hydrogens is 266 g/mol. The van der Waals surface area contributed by atoms with Crippen LogP contribution in [0.3, 0.4) is 0 Å². The molecule has 1 N–H and O–H groups in total. The average Bonchev–Trinajstić information content (AvgIpc) is 2.40. The smallest absolute Gasteiger partial charge is 0.252 e. The van der Waals surface area contributed by atoms with Crippen molar-refractivity contribution in [2.45, 2.75) is 37.0 Å². The van der Waals surface area contributed by atoms with Gasteiger partial charge in [-0.3, -0.25) is 4.79 Å². The molecule has 0 saturated heterocycles. The molecule has 1 aromatic rings. The van der Waals surface area contributed by atoms with Gasteiger partial charge < -0.3 is 5.32 Å². The van der Waals surface area contributed by atoms with Crippen LogP contribution < -0.4 is 5.32 Å². The molecule has 1 saturated carbocycles. The molecule has 0 spiro atoms. The van der Waals surface area contributed by atoms with Crippen molar-refractivity contribution in [2.75, 3.05) is 6.54 Å². The molecule has 1 fully saturated rings. The number of amides is 1. The van der Waals surface area contributed by atoms with Crippen molar-refractivity contribution in [1.29, 1.82) is 0 Å². The monoisotopic (exact) mass is 283 g/mol. The average molecular weight is 284 g/mol. The van der Waals surface area contributed by atoms with Gasteiger partial charge in [-0.2, -0.15) is 0 Å². The van der Waals surface area contributed by atoms with Crippen molar-refractivity contribution in [3.63, 3.8) is 0 Å². The maximum absolute atomic E-state index is 12.0. The molecule has 4 heteroatoms. The first kappa shape index (κ1) is 13.8. The van der Waals surface area contributed by atoms with E-state index in [1.165, 1.54) is 32.1 Å². The molecular formula is C14H18ClNOS. The van der Waals surface area contributed by atoms with Gasteiger partial charge in [-0.05, 0) is 37.0 Å². The summed E-state index contributed by atoms with van der Waals surface area (Å²) in [4.78, 5) is 12.8. The van der Waals surface area contributed by atoms with Gasteiger partial charge in [-0.1, -0.05) is 30.9 Å². The van der Waals surface area contributed by atoms with Crippen LogP contribution in [-0.4, -0.2) is 12.5 Å². The van der Waals surface area contributed by atoms with Crippen molar-refractivity contribution >= 4 is 30.1 Å². The number of rotatable bonds is 3. The Balaban J connectivity index is 1.92. The number of benzene rings is 1. The Labute approximate surface area is 119 Å². The standard InChI is InChI=1S/C14H18ClNOS/c15-13-7-6-11(18)8-12(13)14(17)16-9-10-4-2-1-3-5-10/h6-8,10,18H,1-5,9H2,(H,16,17). The Morgan fingerprint density at radius 2 is 2.06 bits per heavy atom. The van der Waals surface area contributed by atoms with Crippen molar-refractivity contribution in [3.8, 4) is 0 Å². The number of hydrogen-bond donors (Lipinski definition) is 2. The highest BCUT2D eigenvalue weighted by atomic mass is 35.5. The molecule has 0 aromatic heterocycles. The van der Waals surface area contributed by atoms with Gasteiger partial charge in [0.2, 0.25) is 0 Å². The summed E-state index contributed by atoms with van der Waals surface area (Å²) in [6, 6.07) is 5.20. The second-order valence-corrected chi connectivity index (χ2v) is 5.80. The highest BCUT2D eigenvalue weighted by molar-refractivity contribution is 7.80. The Kier molecular flexibility index (Phi) is 4.95. The predicted molar refractivity (Wildman–Crippen MR) is 77.6 cm³/mol. The van der Waals surface area contributed by atoms with Crippen LogP contribution in [-0.2, 0) is 0 Å². The van der Waals surface area contributed by atoms with Gasteiger partial charge in [0.25, 0.3) is 5.91 Å². The van der Waals surface area contributed by atoms with Crippen LogP contribution in [0.2, 0.25) is 5.02 Å². The van der Waals surface area contributed by atoms with E-state index in [1.54, 1.807) is 18.2 Å². The van der Waals surface area contributed by atoms with Crippen molar-refractivity contribution in [2.24, 2.45) is 5.92 Å². The molecule has 98 valence electrons. The molecule has 0 atom stereocenters. The van der Waals surface area contributed by atoms with E-state index in [2.05, 4.69) is 17.9 Å². The van der Waals surface area contributed by atoms with Crippen LogP contribution in [0.1, 0.15) is 42.5 Å². The van der Waals surface area contributed by atoms with E-state index < -0.39 is 0 Å². The number of carbonyl (C=O) groups excluding carboxylic acids is 1. The van der Waals surface area contributed by atoms with Gasteiger partial charge >= 0.3 is 0 Å². The number of halogens is 1. The van der Waals surface area contributed by atoms with Crippen LogP contribution in [0, 0.1) is 5.92 Å². The molecule has 2 rings (SSSR count). The zero-order chi connectivity index (χ0) is 13.0. The summed E-state index contributed by atoms with van der Waals surface area (Å²) in [6.07, 6.45) is 6.35. The number of carbonyl (C=O) groups is 1. The maximum atomic E-state index is 12.0. The first-order chi connectivity index (χ1) is 8.66. The number of hydrogen-bond acceptors (Lipinski definition) is 2. The Hall–Kier alpha value is -0.670. The van der Waals surface area contributed by atoms with Crippen molar-refractivity contribution in [3.05, 3.63) is 28.8 Å². The molecule has 18 heavy (non-hydrogen) atoms. The molecule has 0 radical (unpaired) electrons. The van der Waals surface area contributed by atoms with Crippen LogP contribution in [0.5, 0.6) is 0 Å². The van der Waals surface area contributed by atoms with E-state index in [1.807, 2.05) is 0 Å². The Morgan fingerprint density at radius 1 is 1.33 bits per heavy atom. The summed E-state index contributed by atoms with van der Waals surface area (Å²) in [6.45, 7) is 0.756. The minimum Gasteiger partial charge on any atom is -0.352 e. The van der Waals surface area contributed by atoms with E-state index in [0.29, 0.717) is 16.5 Å². The van der Waals surface area contributed by atoms with E-state index in [9.17, 15) is 4.79 Å². The quantitative estimate of drug-likeness (QED) is 0.809. The van der Waals surface area contributed by atoms with Gasteiger partial charge in [-0.15, -0.1) is 12.6 Å². The fraction of sp³-hybridized carbons (Fsp3) is 0.500. The van der Waals surface area contributed by atoms with E-state index in [-0.39, 0.29) is 5.91 Å². The second kappa shape index (κ2) is 6.48. The topological polar surface area (TPSA) is 29.1 Å². The Morgan fingerprint density at radius 3 is 2.78 bits per heavy atom. The fourth-order valence-corrected chi connectivity index (χ4v) is 2.82. The fourth-order valence-electron chi connectivity index (χ4n) is 2.41. The third kappa shape index (κ3) is 3.66. The molecule has 1 amide bonds. The zero-order valence-electron chi connectivity index (χ0n) is 10.3. The molecule has 0 heterocycles. The highest BCUT2D eigenvalue weighted by Gasteiger charge is 2.16. The van der Waals surface area contributed by atoms with Crippen LogP contribution in [0.25, 0.3) is 0 Å². The Bertz CT molecular complexity index is 430. The largest absolute Gasteiger partial charge is 0.352 e. The summed E-state index contributed by atoms with van der Waals surface area (Å²) in [7, 11) is 0. The molecule has 1 aliphatic carbocycles. The second-order valence-electron chi connectivity index (χ2n) is 4.88. The molecule has 1 aliphatic rings. The minimum atomic E-state index is -0.0959. The minimum absolute atomic E-state index is 0.0959. The molecule has 2 nitrogen and oxygen atoms in total. The van der Waals surface area contributed by atoms with Crippen LogP contribution in [0.4, 0.5) is 0 Å². The molecule has 0 aliphatic heterocycles. The van der Waals surface area contributed by atoms with Crippen LogP contribution >= 0.6 is 24.2 Å². The van der Waals surface area contributed by atoms with Gasteiger partial charge in [0.1, 0.15) is 0 Å². The van der Waals surface area contributed by atoms with Gasteiger partial charge in [0, 0.05) is 11.4 Å². The molecule has 0 bridgehead atoms. The summed E-state index contributed by atoms with van der Waals surface area (Å²) < 4.78 is 0. The van der Waals surface area contributed by atoms with E-state index >= 15 is 0 Å². The first-order valence-electron chi connectivity index (χ1n) is 6.43. The molecule has 1 aromatic carbocycles. The third-order valence-electron chi connectivity index (χ3n) is 3.47. The lowest BCUT2D eigenvalue weighted by atomic mass is 9.89. The summed E-state index contributed by atoms with van der Waals surface area (Å²) in [5.74, 6) is 0.530. The SMILES string of the molecule is O=C(NCC1CCCCC1)c1cc(S)ccc1Cl. The number of thiol groups is 1. The molecule has 0 unspecified atom stereocenters. The van der Waals surface area contributed by atoms with E-state index in [4.69, 9.17) is 11.6 Å². The van der Waals surface area contributed by atoms with Gasteiger partial charge in [0.15, 0.2) is 0 Å². The van der Waals surface area contributed by atoms with E-state index in [0.717, 1.165) is 11.4 Å². The lowest BCUT2D eigenvalue weighted by molar-refractivity contribution is 0.0943. The van der Waals surface area contributed by atoms with Crippen molar-refractivity contribution < 1.29 is 4.79 Å². The predicted octanol–water partition coefficient (Wildman–Crippen LogP) is 3.94. The lowest BCUT2D eigenvalue weighted by Crippen LogP contribution is -2.30. The van der Waals surface area contributed by atoms with Crippen molar-refractivity contribution in [1.82, 2.24) is 5.32 Å². The normalized spacial score (nSPS) is 16.6. The third-order valence-corrected chi connectivity index (χ3v) is 4.08. The zero-order valence-corrected chi connectivity index (χ0v) is 11.9. The summed E-state index contributed by atoms with van der Waals surface area (Å²) >= 11 is 10.2. The lowest BCUT2D eigenvalue weighted by Gasteiger charge is -2.21. The van der Waals surface area contributed by atoms with Gasteiger partial charge in [-0.25, -0.2) is 0 Å². The summed E-state index contributed by atoms with van der Waals surface area (Å²) in [5, 5.41) is 3.46.